The van der Waals surface area contributed by atoms with Crippen molar-refractivity contribution in [2.24, 2.45) is 0 Å². The minimum atomic E-state index is 0.744. The molecule has 2 aromatic rings. The molecule has 3 rings (SSSR count). The molecule has 0 spiro atoms. The molecule has 0 N–H and O–H groups in total. The van der Waals surface area contributed by atoms with Crippen molar-refractivity contribution in [1.82, 2.24) is 9.97 Å². The first-order valence-electron chi connectivity index (χ1n) is 5.47. The zero-order valence-electron chi connectivity index (χ0n) is 9.27. The Morgan fingerprint density at radius 2 is 1.29 bits per heavy atom. The van der Waals surface area contributed by atoms with Gasteiger partial charge in [-0.3, -0.25) is 0 Å². The molecule has 0 fully saturated rings. The number of nitrogens with zero attached hydrogens (tertiary/aromatic N) is 4. The van der Waals surface area contributed by atoms with Crippen molar-refractivity contribution < 1.29 is 0 Å². The lowest BCUT2D eigenvalue weighted by atomic mass is 10.4. The summed E-state index contributed by atoms with van der Waals surface area (Å²) in [7, 11) is 0. The van der Waals surface area contributed by atoms with E-state index in [4.69, 9.17) is 0 Å². The molecule has 4 nitrogen and oxygen atoms in total. The van der Waals surface area contributed by atoms with E-state index < -0.39 is 0 Å². The third kappa shape index (κ3) is 1.97. The van der Waals surface area contributed by atoms with Crippen LogP contribution in [0.4, 0.5) is 11.6 Å². The Balaban J connectivity index is 1.78. The fraction of sp³-hybridized carbons (Fsp3) is 0.0769. The van der Waals surface area contributed by atoms with Crippen LogP contribution in [0.2, 0.25) is 0 Å². The SMILES string of the molecule is C1=CN(c2ccccn2)CN1c1ccccn1. The van der Waals surface area contributed by atoms with Gasteiger partial charge in [-0.15, -0.1) is 0 Å². The van der Waals surface area contributed by atoms with E-state index in [0.29, 0.717) is 0 Å². The summed E-state index contributed by atoms with van der Waals surface area (Å²) < 4.78 is 0. The van der Waals surface area contributed by atoms with Gasteiger partial charge in [0.25, 0.3) is 0 Å². The molecule has 1 aliphatic rings. The summed E-state index contributed by atoms with van der Waals surface area (Å²) in [6.45, 7) is 0.744. The smallest absolute Gasteiger partial charge is 0.133 e. The first kappa shape index (κ1) is 9.84. The summed E-state index contributed by atoms with van der Waals surface area (Å²) in [6.07, 6.45) is 7.62. The summed E-state index contributed by atoms with van der Waals surface area (Å²) >= 11 is 0. The highest BCUT2D eigenvalue weighted by atomic mass is 15.4. The lowest BCUT2D eigenvalue weighted by Crippen LogP contribution is -2.25. The Morgan fingerprint density at radius 3 is 1.71 bits per heavy atom. The van der Waals surface area contributed by atoms with E-state index >= 15 is 0 Å². The molecule has 0 amide bonds. The second kappa shape index (κ2) is 4.25. The Bertz CT molecular complexity index is 462. The Labute approximate surface area is 99.8 Å². The van der Waals surface area contributed by atoms with Gasteiger partial charge in [-0.25, -0.2) is 9.97 Å². The summed E-state index contributed by atoms with van der Waals surface area (Å²) in [5, 5.41) is 0. The molecule has 2 aromatic heterocycles. The number of anilines is 2. The van der Waals surface area contributed by atoms with Crippen molar-refractivity contribution >= 4 is 11.6 Å². The molecule has 1 aliphatic heterocycles. The average Bonchev–Trinajstić information content (AvgIpc) is 2.90. The van der Waals surface area contributed by atoms with Crippen molar-refractivity contribution in [1.29, 1.82) is 0 Å². The zero-order valence-corrected chi connectivity index (χ0v) is 9.27. The van der Waals surface area contributed by atoms with E-state index in [1.807, 2.05) is 48.8 Å². The van der Waals surface area contributed by atoms with Gasteiger partial charge in [0.1, 0.15) is 18.3 Å². The minimum absolute atomic E-state index is 0.744. The topological polar surface area (TPSA) is 32.3 Å². The molecule has 0 unspecified atom stereocenters. The second-order valence-corrected chi connectivity index (χ2v) is 3.76. The number of hydrogen-bond donors (Lipinski definition) is 0. The molecular formula is C13H12N4. The Hall–Kier alpha value is -2.36. The number of hydrogen-bond acceptors (Lipinski definition) is 4. The molecule has 4 heteroatoms. The van der Waals surface area contributed by atoms with Gasteiger partial charge in [0.15, 0.2) is 0 Å². The summed E-state index contributed by atoms with van der Waals surface area (Å²) in [5.41, 5.74) is 0. The Morgan fingerprint density at radius 1 is 0.765 bits per heavy atom. The maximum atomic E-state index is 4.32. The monoisotopic (exact) mass is 224 g/mol. The third-order valence-electron chi connectivity index (χ3n) is 2.62. The lowest BCUT2D eigenvalue weighted by Gasteiger charge is -2.19. The van der Waals surface area contributed by atoms with Crippen LogP contribution in [0.15, 0.2) is 61.2 Å². The highest BCUT2D eigenvalue weighted by molar-refractivity contribution is 5.52. The molecule has 0 aliphatic carbocycles. The first-order valence-corrected chi connectivity index (χ1v) is 5.47. The number of rotatable bonds is 2. The van der Waals surface area contributed by atoms with Gasteiger partial charge >= 0.3 is 0 Å². The van der Waals surface area contributed by atoms with E-state index in [-0.39, 0.29) is 0 Å². The van der Waals surface area contributed by atoms with Gasteiger partial charge in [-0.2, -0.15) is 0 Å². The molecule has 0 saturated carbocycles. The normalized spacial score (nSPS) is 14.4. The van der Waals surface area contributed by atoms with Gasteiger partial charge in [-0.1, -0.05) is 12.1 Å². The molecular weight excluding hydrogens is 212 g/mol. The van der Waals surface area contributed by atoms with E-state index in [2.05, 4.69) is 19.8 Å². The fourth-order valence-electron chi connectivity index (χ4n) is 1.76. The average molecular weight is 224 g/mol. The lowest BCUT2D eigenvalue weighted by molar-refractivity contribution is 0.936. The molecule has 84 valence electrons. The molecule has 0 aromatic carbocycles. The molecule has 17 heavy (non-hydrogen) atoms. The van der Waals surface area contributed by atoms with Gasteiger partial charge in [0, 0.05) is 24.8 Å². The van der Waals surface area contributed by atoms with Crippen LogP contribution in [-0.2, 0) is 0 Å². The standard InChI is InChI=1S/C13H12N4/c1-3-7-14-12(5-1)16-9-10-17(11-16)13-6-2-4-8-15-13/h1-10H,11H2. The van der Waals surface area contributed by atoms with Crippen LogP contribution in [-0.4, -0.2) is 16.6 Å². The van der Waals surface area contributed by atoms with Gasteiger partial charge in [0.2, 0.25) is 0 Å². The van der Waals surface area contributed by atoms with Gasteiger partial charge in [-0.05, 0) is 24.3 Å². The maximum absolute atomic E-state index is 4.32. The first-order chi connectivity index (χ1) is 8.43. The van der Waals surface area contributed by atoms with Crippen LogP contribution in [0.3, 0.4) is 0 Å². The predicted molar refractivity (Wildman–Crippen MR) is 67.4 cm³/mol. The minimum Gasteiger partial charge on any atom is -0.313 e. The van der Waals surface area contributed by atoms with Crippen molar-refractivity contribution in [3.63, 3.8) is 0 Å². The van der Waals surface area contributed by atoms with E-state index in [0.717, 1.165) is 18.3 Å². The van der Waals surface area contributed by atoms with Crippen LogP contribution in [0.1, 0.15) is 0 Å². The van der Waals surface area contributed by atoms with E-state index in [1.165, 1.54) is 0 Å². The van der Waals surface area contributed by atoms with Crippen molar-refractivity contribution in [2.75, 3.05) is 16.5 Å². The largest absolute Gasteiger partial charge is 0.313 e. The van der Waals surface area contributed by atoms with Crippen molar-refractivity contribution in [3.05, 3.63) is 61.2 Å². The summed E-state index contributed by atoms with van der Waals surface area (Å²) in [4.78, 5) is 12.8. The van der Waals surface area contributed by atoms with Gasteiger partial charge in [0.05, 0.1) is 0 Å². The van der Waals surface area contributed by atoms with E-state index in [1.54, 1.807) is 12.4 Å². The Kier molecular flexibility index (Phi) is 2.46. The van der Waals surface area contributed by atoms with Crippen LogP contribution in [0.5, 0.6) is 0 Å². The molecule has 0 radical (unpaired) electrons. The molecule has 0 saturated heterocycles. The van der Waals surface area contributed by atoms with Gasteiger partial charge < -0.3 is 9.80 Å². The fourth-order valence-corrected chi connectivity index (χ4v) is 1.76. The second-order valence-electron chi connectivity index (χ2n) is 3.76. The van der Waals surface area contributed by atoms with Crippen LogP contribution in [0, 0.1) is 0 Å². The molecule has 0 atom stereocenters. The summed E-state index contributed by atoms with van der Waals surface area (Å²) in [5.74, 6) is 1.89. The number of aromatic nitrogens is 2. The molecule has 0 bridgehead atoms. The van der Waals surface area contributed by atoms with Crippen LogP contribution < -0.4 is 9.80 Å². The van der Waals surface area contributed by atoms with E-state index in [9.17, 15) is 0 Å². The summed E-state index contributed by atoms with van der Waals surface area (Å²) in [6, 6.07) is 11.8. The maximum Gasteiger partial charge on any atom is 0.133 e. The van der Waals surface area contributed by atoms with Crippen LogP contribution >= 0.6 is 0 Å². The highest BCUT2D eigenvalue weighted by Gasteiger charge is 2.16. The molecule has 3 heterocycles. The third-order valence-corrected chi connectivity index (χ3v) is 2.62. The van der Waals surface area contributed by atoms with Crippen LogP contribution in [0.25, 0.3) is 0 Å². The quantitative estimate of drug-likeness (QED) is 0.783. The highest BCUT2D eigenvalue weighted by Crippen LogP contribution is 2.20. The predicted octanol–water partition coefficient (Wildman–Crippen LogP) is 2.23. The van der Waals surface area contributed by atoms with Crippen molar-refractivity contribution in [3.8, 4) is 0 Å². The number of pyridine rings is 2. The zero-order chi connectivity index (χ0) is 11.5. The van der Waals surface area contributed by atoms with Crippen molar-refractivity contribution in [2.45, 2.75) is 0 Å².